The first-order valence-corrected chi connectivity index (χ1v) is 8.02. The van der Waals surface area contributed by atoms with Gasteiger partial charge in [-0.15, -0.1) is 0 Å². The second-order valence-electron chi connectivity index (χ2n) is 4.15. The van der Waals surface area contributed by atoms with Crippen LogP contribution < -0.4 is 0 Å². The normalized spacial score (nSPS) is 16.6. The van der Waals surface area contributed by atoms with E-state index >= 15 is 0 Å². The minimum Gasteiger partial charge on any atom is -0.279 e. The second kappa shape index (κ2) is 5.80. The van der Waals surface area contributed by atoms with Crippen molar-refractivity contribution >= 4 is 31.7 Å². The van der Waals surface area contributed by atoms with Crippen molar-refractivity contribution in [1.82, 2.24) is 4.31 Å². The van der Waals surface area contributed by atoms with Gasteiger partial charge in [-0.2, -0.15) is 13.2 Å². The molecule has 0 spiro atoms. The van der Waals surface area contributed by atoms with Crippen molar-refractivity contribution in [2.75, 3.05) is 13.1 Å². The van der Waals surface area contributed by atoms with Crippen LogP contribution >= 0.6 is 15.9 Å². The molecule has 0 aromatic heterocycles. The van der Waals surface area contributed by atoms with Crippen molar-refractivity contribution in [3.8, 4) is 0 Å². The molecule has 21 heavy (non-hydrogen) atoms. The average Bonchev–Trinajstić information content (AvgIpc) is 2.64. The third-order valence-electron chi connectivity index (χ3n) is 2.71. The predicted molar refractivity (Wildman–Crippen MR) is 75.5 cm³/mol. The monoisotopic (exact) mass is 382 g/mol. The molecule has 0 bridgehead atoms. The van der Waals surface area contributed by atoms with Gasteiger partial charge in [-0.05, 0) is 30.3 Å². The van der Waals surface area contributed by atoms with E-state index in [4.69, 9.17) is 0 Å². The minimum atomic E-state index is -4.59. The molecule has 9 heteroatoms. The largest absolute Gasteiger partial charge is 0.432 e. The lowest BCUT2D eigenvalue weighted by molar-refractivity contribution is -0.0578. The molecule has 1 aliphatic heterocycles. The fourth-order valence-corrected chi connectivity index (χ4v) is 3.23. The highest BCUT2D eigenvalue weighted by Crippen LogP contribution is 2.23. The molecule has 1 heterocycles. The summed E-state index contributed by atoms with van der Waals surface area (Å²) in [7, 11) is -3.89. The topological polar surface area (TPSA) is 49.7 Å². The van der Waals surface area contributed by atoms with Gasteiger partial charge in [0.05, 0.1) is 18.0 Å². The number of nitrogens with zero attached hydrogens (tertiary/aromatic N) is 2. The number of sulfonamides is 1. The Morgan fingerprint density at radius 3 is 2.38 bits per heavy atom. The van der Waals surface area contributed by atoms with Gasteiger partial charge in [0.1, 0.15) is 5.71 Å². The van der Waals surface area contributed by atoms with E-state index in [1.54, 1.807) is 12.1 Å². The molecule has 0 unspecified atom stereocenters. The van der Waals surface area contributed by atoms with Crippen LogP contribution in [0.2, 0.25) is 0 Å². The molecule has 1 aliphatic rings. The molecule has 0 saturated carbocycles. The van der Waals surface area contributed by atoms with Gasteiger partial charge in [0.15, 0.2) is 0 Å². The van der Waals surface area contributed by atoms with Crippen molar-refractivity contribution in [2.45, 2.75) is 11.1 Å². The highest BCUT2D eigenvalue weighted by molar-refractivity contribution is 9.10. The molecular formula is C12H10BrF3N2O2S. The van der Waals surface area contributed by atoms with Crippen molar-refractivity contribution in [1.29, 1.82) is 0 Å². The average molecular weight is 383 g/mol. The molecule has 114 valence electrons. The Kier molecular flexibility index (Phi) is 4.43. The first kappa shape index (κ1) is 16.0. The highest BCUT2D eigenvalue weighted by Gasteiger charge is 2.35. The second-order valence-corrected chi connectivity index (χ2v) is 6.96. The zero-order valence-electron chi connectivity index (χ0n) is 10.5. The molecule has 0 aliphatic carbocycles. The molecule has 4 nitrogen and oxygen atoms in total. The number of hydrogen-bond acceptors (Lipinski definition) is 3. The summed E-state index contributed by atoms with van der Waals surface area (Å²) in [5.41, 5.74) is -1.09. The Bertz CT molecular complexity index is 681. The number of allylic oxidation sites excluding steroid dienone is 1. The lowest BCUT2D eigenvalue weighted by atomic mass is 10.3. The quantitative estimate of drug-likeness (QED) is 0.789. The predicted octanol–water partition coefficient (Wildman–Crippen LogP) is 2.97. The highest BCUT2D eigenvalue weighted by atomic mass is 79.9. The molecular weight excluding hydrogens is 373 g/mol. The van der Waals surface area contributed by atoms with Crippen molar-refractivity contribution in [2.24, 2.45) is 4.99 Å². The van der Waals surface area contributed by atoms with E-state index in [1.807, 2.05) is 0 Å². The summed E-state index contributed by atoms with van der Waals surface area (Å²) in [4.78, 5) is 3.36. The van der Waals surface area contributed by atoms with Crippen molar-refractivity contribution in [3.63, 3.8) is 0 Å². The standard InChI is InChI=1S/C12H10BrF3N2O2S/c13-9-1-3-10(4-2-9)21(19,20)18-7-5-11(12(14,15)16)17-6-8-18/h1-5,7H,6,8H2. The van der Waals surface area contributed by atoms with E-state index in [-0.39, 0.29) is 18.0 Å². The van der Waals surface area contributed by atoms with Crippen LogP contribution in [0.5, 0.6) is 0 Å². The van der Waals surface area contributed by atoms with E-state index < -0.39 is 21.9 Å². The molecule has 0 radical (unpaired) electrons. The number of halogens is 4. The first-order valence-electron chi connectivity index (χ1n) is 5.78. The summed E-state index contributed by atoms with van der Waals surface area (Å²) in [6.07, 6.45) is -3.02. The van der Waals surface area contributed by atoms with Crippen LogP contribution in [0, 0.1) is 0 Å². The van der Waals surface area contributed by atoms with E-state index in [0.717, 1.165) is 10.5 Å². The fourth-order valence-electron chi connectivity index (χ4n) is 1.68. The van der Waals surface area contributed by atoms with E-state index in [1.165, 1.54) is 12.1 Å². The van der Waals surface area contributed by atoms with Gasteiger partial charge < -0.3 is 0 Å². The minimum absolute atomic E-state index is 0.00538. The number of aliphatic imine (C=N–C) groups is 1. The molecule has 0 amide bonds. The third kappa shape index (κ3) is 3.65. The van der Waals surface area contributed by atoms with Gasteiger partial charge in [0.25, 0.3) is 10.0 Å². The summed E-state index contributed by atoms with van der Waals surface area (Å²) < 4.78 is 63.9. The molecule has 0 atom stereocenters. The lowest BCUT2D eigenvalue weighted by Crippen LogP contribution is -2.27. The van der Waals surface area contributed by atoms with E-state index in [9.17, 15) is 21.6 Å². The van der Waals surface area contributed by atoms with Gasteiger partial charge >= 0.3 is 6.18 Å². The maximum atomic E-state index is 12.6. The fraction of sp³-hybridized carbons (Fsp3) is 0.250. The summed E-state index contributed by atoms with van der Waals surface area (Å²) >= 11 is 3.18. The number of hydrogen-bond donors (Lipinski definition) is 0. The molecule has 2 rings (SSSR count). The Morgan fingerprint density at radius 2 is 1.81 bits per heavy atom. The van der Waals surface area contributed by atoms with Crippen LogP contribution in [0.15, 0.2) is 50.9 Å². The van der Waals surface area contributed by atoms with Crippen LogP contribution in [0.4, 0.5) is 13.2 Å². The lowest BCUT2D eigenvalue weighted by Gasteiger charge is -2.18. The summed E-state index contributed by atoms with van der Waals surface area (Å²) in [6.45, 7) is -0.397. The third-order valence-corrected chi connectivity index (χ3v) is 5.03. The Balaban J connectivity index is 2.29. The van der Waals surface area contributed by atoms with Gasteiger partial charge in [0.2, 0.25) is 0 Å². The molecule has 1 aromatic rings. The summed E-state index contributed by atoms with van der Waals surface area (Å²) in [6, 6.07) is 5.85. The maximum Gasteiger partial charge on any atom is 0.432 e. The molecule has 0 fully saturated rings. The van der Waals surface area contributed by atoms with Crippen LogP contribution in [-0.4, -0.2) is 37.7 Å². The number of rotatable bonds is 2. The van der Waals surface area contributed by atoms with Crippen molar-refractivity contribution in [3.05, 3.63) is 41.0 Å². The van der Waals surface area contributed by atoms with E-state index in [0.29, 0.717) is 10.5 Å². The van der Waals surface area contributed by atoms with Gasteiger partial charge in [-0.25, -0.2) is 8.42 Å². The SMILES string of the molecule is O=S(=O)(c1ccc(Br)cc1)N1C=CC(C(F)(F)F)=NCC1. The smallest absolute Gasteiger partial charge is 0.279 e. The van der Waals surface area contributed by atoms with Gasteiger partial charge in [-0.1, -0.05) is 15.9 Å². The number of alkyl halides is 3. The molecule has 0 saturated heterocycles. The number of benzene rings is 1. The Labute approximate surface area is 128 Å². The van der Waals surface area contributed by atoms with E-state index in [2.05, 4.69) is 20.9 Å². The van der Waals surface area contributed by atoms with Crippen LogP contribution in [0.3, 0.4) is 0 Å². The zero-order chi connectivity index (χ0) is 15.7. The molecule has 0 N–H and O–H groups in total. The van der Waals surface area contributed by atoms with Crippen LogP contribution in [0.1, 0.15) is 0 Å². The van der Waals surface area contributed by atoms with Gasteiger partial charge in [0, 0.05) is 10.7 Å². The summed E-state index contributed by atoms with van der Waals surface area (Å²) in [5.74, 6) is 0. The van der Waals surface area contributed by atoms with Crippen molar-refractivity contribution < 1.29 is 21.6 Å². The Hall–Kier alpha value is -1.35. The zero-order valence-corrected chi connectivity index (χ0v) is 12.9. The van der Waals surface area contributed by atoms with Gasteiger partial charge in [-0.3, -0.25) is 9.30 Å². The summed E-state index contributed by atoms with van der Waals surface area (Å²) in [5, 5.41) is 0. The first-order chi connectivity index (χ1) is 9.71. The Morgan fingerprint density at radius 1 is 1.19 bits per heavy atom. The molecule has 1 aromatic carbocycles. The van der Waals surface area contributed by atoms with Crippen LogP contribution in [-0.2, 0) is 10.0 Å². The maximum absolute atomic E-state index is 12.6. The van der Waals surface area contributed by atoms with Crippen LogP contribution in [0.25, 0.3) is 0 Å².